The molecule has 0 spiro atoms. The minimum absolute atomic E-state index is 0.0521. The molecular weight excluding hydrogens is 507 g/mol. The van der Waals surface area contributed by atoms with Crippen molar-refractivity contribution < 1.29 is 27.9 Å². The van der Waals surface area contributed by atoms with Crippen molar-refractivity contribution in [1.29, 1.82) is 0 Å². The molecule has 1 atom stereocenters. The zero-order valence-corrected chi connectivity index (χ0v) is 22.1. The molecule has 10 heteroatoms. The van der Waals surface area contributed by atoms with Gasteiger partial charge in [-0.25, -0.2) is 4.98 Å². The second kappa shape index (κ2) is 11.3. The van der Waals surface area contributed by atoms with Crippen molar-refractivity contribution in [3.8, 4) is 0 Å². The molecule has 0 aliphatic heterocycles. The number of carbonyl (C=O) groups excluding carboxylic acids is 2. The summed E-state index contributed by atoms with van der Waals surface area (Å²) in [6.45, 7) is 4.03. The van der Waals surface area contributed by atoms with Crippen molar-refractivity contribution in [2.24, 2.45) is 11.8 Å². The number of ketones is 1. The molecule has 2 heterocycles. The van der Waals surface area contributed by atoms with Crippen molar-refractivity contribution in [2.45, 2.75) is 89.8 Å². The maximum Gasteiger partial charge on any atom is 0.419 e. The fourth-order valence-corrected chi connectivity index (χ4v) is 5.83. The summed E-state index contributed by atoms with van der Waals surface area (Å²) in [4.78, 5) is 31.9. The van der Waals surface area contributed by atoms with Crippen LogP contribution in [0.4, 0.5) is 13.2 Å². The Balaban J connectivity index is 1.56. The van der Waals surface area contributed by atoms with Crippen LogP contribution in [0, 0.1) is 11.8 Å². The molecule has 2 aromatic heterocycles. The van der Waals surface area contributed by atoms with Gasteiger partial charge in [0.15, 0.2) is 17.1 Å². The number of rotatable bonds is 10. The van der Waals surface area contributed by atoms with E-state index >= 15 is 0 Å². The lowest BCUT2D eigenvalue weighted by Crippen LogP contribution is -2.37. The molecule has 2 aliphatic carbocycles. The van der Waals surface area contributed by atoms with Crippen LogP contribution in [0.5, 0.6) is 0 Å². The number of fused-ring (bicyclic) bond motifs is 1. The number of nitrogens with zero attached hydrogens (tertiary/aromatic N) is 3. The Kier molecular flexibility index (Phi) is 8.53. The average molecular weight is 542 g/mol. The maximum atomic E-state index is 13.9. The molecule has 0 aromatic carbocycles. The quantitative estimate of drug-likeness (QED) is 0.384. The van der Waals surface area contributed by atoms with Gasteiger partial charge in [0.1, 0.15) is 5.15 Å². The number of hydrogen-bond acceptors (Lipinski definition) is 4. The van der Waals surface area contributed by atoms with Gasteiger partial charge in [0, 0.05) is 19.2 Å². The van der Waals surface area contributed by atoms with Gasteiger partial charge in [-0.2, -0.15) is 13.2 Å². The van der Waals surface area contributed by atoms with Crippen LogP contribution in [0.1, 0.15) is 99.2 Å². The van der Waals surface area contributed by atoms with Crippen LogP contribution >= 0.6 is 11.6 Å². The van der Waals surface area contributed by atoms with E-state index in [0.29, 0.717) is 24.3 Å². The molecule has 1 N–H and O–H groups in total. The van der Waals surface area contributed by atoms with Gasteiger partial charge in [-0.3, -0.25) is 14.0 Å². The summed E-state index contributed by atoms with van der Waals surface area (Å²) in [5.74, 6) is -0.142. The summed E-state index contributed by atoms with van der Waals surface area (Å²) in [5, 5.41) is 9.63. The number of Topliss-reactive ketones (excluding diaryl/α,β-unsaturated/α-hetero) is 1. The molecule has 6 nitrogen and oxygen atoms in total. The highest BCUT2D eigenvalue weighted by molar-refractivity contribution is 6.33. The molecular formula is C27H35ClF3N3O3. The molecule has 2 aromatic rings. The van der Waals surface area contributed by atoms with Crippen LogP contribution in [0.15, 0.2) is 12.3 Å². The summed E-state index contributed by atoms with van der Waals surface area (Å²) >= 11 is 6.45. The fraction of sp³-hybridized carbons (Fsp3) is 0.667. The molecule has 0 saturated heterocycles. The first-order valence-corrected chi connectivity index (χ1v) is 13.7. The van der Waals surface area contributed by atoms with Crippen molar-refractivity contribution in [1.82, 2.24) is 14.3 Å². The number of aromatic nitrogens is 2. The van der Waals surface area contributed by atoms with Crippen LogP contribution in [-0.4, -0.2) is 50.3 Å². The minimum Gasteiger partial charge on any atom is -0.393 e. The smallest absolute Gasteiger partial charge is 0.393 e. The third-order valence-electron chi connectivity index (χ3n) is 7.81. The Bertz CT molecular complexity index is 1140. The van der Waals surface area contributed by atoms with Crippen molar-refractivity contribution in [3.63, 3.8) is 0 Å². The molecule has 0 bridgehead atoms. The summed E-state index contributed by atoms with van der Waals surface area (Å²) in [7, 11) is 0. The number of halogens is 4. The summed E-state index contributed by atoms with van der Waals surface area (Å²) in [5.41, 5.74) is -1.06. The van der Waals surface area contributed by atoms with Gasteiger partial charge < -0.3 is 10.0 Å². The van der Waals surface area contributed by atoms with Crippen molar-refractivity contribution in [2.75, 3.05) is 13.1 Å². The predicted octanol–water partition coefficient (Wildman–Crippen LogP) is 6.27. The highest BCUT2D eigenvalue weighted by Crippen LogP contribution is 2.43. The van der Waals surface area contributed by atoms with E-state index in [1.807, 2.05) is 13.8 Å². The van der Waals surface area contributed by atoms with Gasteiger partial charge in [-0.05, 0) is 74.3 Å². The maximum absolute atomic E-state index is 13.9. The van der Waals surface area contributed by atoms with E-state index in [9.17, 15) is 27.9 Å². The normalized spacial score (nSPS) is 21.3. The monoisotopic (exact) mass is 541 g/mol. The molecule has 204 valence electrons. The highest BCUT2D eigenvalue weighted by Gasteiger charge is 2.38. The van der Waals surface area contributed by atoms with Gasteiger partial charge in [0.2, 0.25) is 0 Å². The first-order valence-electron chi connectivity index (χ1n) is 13.3. The molecule has 1 unspecified atom stereocenters. The Labute approximate surface area is 220 Å². The Hall–Kier alpha value is -2.13. The summed E-state index contributed by atoms with van der Waals surface area (Å²) in [6, 6.07) is 1.10. The van der Waals surface area contributed by atoms with E-state index in [4.69, 9.17) is 11.6 Å². The van der Waals surface area contributed by atoms with Gasteiger partial charge in [-0.1, -0.05) is 31.9 Å². The van der Waals surface area contributed by atoms with E-state index in [1.165, 1.54) is 11.1 Å². The second-order valence-electron chi connectivity index (χ2n) is 10.6. The van der Waals surface area contributed by atoms with Gasteiger partial charge >= 0.3 is 6.18 Å². The fourth-order valence-electron chi connectivity index (χ4n) is 5.58. The molecule has 4 rings (SSSR count). The largest absolute Gasteiger partial charge is 0.419 e. The van der Waals surface area contributed by atoms with Crippen LogP contribution in [-0.2, 0) is 11.0 Å². The first-order chi connectivity index (χ1) is 17.5. The van der Waals surface area contributed by atoms with Crippen LogP contribution < -0.4 is 0 Å². The Morgan fingerprint density at radius 3 is 2.43 bits per heavy atom. The van der Waals surface area contributed by atoms with E-state index in [1.54, 1.807) is 0 Å². The van der Waals surface area contributed by atoms with E-state index in [0.717, 1.165) is 55.4 Å². The third-order valence-corrected chi connectivity index (χ3v) is 8.17. The lowest BCUT2D eigenvalue weighted by atomic mass is 9.76. The van der Waals surface area contributed by atoms with Gasteiger partial charge in [-0.15, -0.1) is 0 Å². The average Bonchev–Trinajstić information content (AvgIpc) is 3.65. The lowest BCUT2D eigenvalue weighted by molar-refractivity contribution is -0.136. The van der Waals surface area contributed by atoms with Crippen LogP contribution in [0.3, 0.4) is 0 Å². The number of aliphatic hydroxyl groups excluding tert-OH is 1. The number of alkyl halides is 3. The molecule has 0 radical (unpaired) electrons. The molecule has 1 amide bonds. The van der Waals surface area contributed by atoms with Gasteiger partial charge in [0.25, 0.3) is 5.91 Å². The predicted molar refractivity (Wildman–Crippen MR) is 135 cm³/mol. The van der Waals surface area contributed by atoms with E-state index in [-0.39, 0.29) is 47.7 Å². The zero-order valence-electron chi connectivity index (χ0n) is 21.4. The Morgan fingerprint density at radius 2 is 1.86 bits per heavy atom. The van der Waals surface area contributed by atoms with Crippen LogP contribution in [0.25, 0.3) is 5.65 Å². The topological polar surface area (TPSA) is 74.9 Å². The number of aliphatic hydroxyl groups is 1. The lowest BCUT2D eigenvalue weighted by Gasteiger charge is -2.32. The molecule has 2 aliphatic rings. The van der Waals surface area contributed by atoms with Crippen molar-refractivity contribution >= 4 is 28.9 Å². The third kappa shape index (κ3) is 6.30. The zero-order chi connectivity index (χ0) is 26.9. The van der Waals surface area contributed by atoms with Gasteiger partial charge in [0.05, 0.1) is 18.2 Å². The highest BCUT2D eigenvalue weighted by atomic mass is 35.5. The molecule has 37 heavy (non-hydrogen) atoms. The Morgan fingerprint density at radius 1 is 1.19 bits per heavy atom. The summed E-state index contributed by atoms with van der Waals surface area (Å²) in [6.07, 6.45) is 3.22. The van der Waals surface area contributed by atoms with E-state index < -0.39 is 23.3 Å². The standard InChI is InChI=1S/C27H35ClF3N3O3/c1-3-11-33(15-21(36)12-16(4-2)17-7-9-20(35)10-8-17)26(37)23-24(28)34-14-19(18-5-6-18)13-22(25(34)32-23)27(29,30)31/h13-14,16-18,20,35H,3-12,15H2,1-2H3. The molecule has 2 fully saturated rings. The number of hydrogen-bond donors (Lipinski definition) is 1. The van der Waals surface area contributed by atoms with Crippen LogP contribution in [0.2, 0.25) is 5.15 Å². The second-order valence-corrected chi connectivity index (χ2v) is 11.0. The van der Waals surface area contributed by atoms with E-state index in [2.05, 4.69) is 4.98 Å². The number of amides is 1. The molecule has 2 saturated carbocycles. The SMILES string of the molecule is CCCN(CC(=O)CC(CC)C1CCC(O)CC1)C(=O)c1nc2c(C(F)(F)F)cc(C3CC3)cn2c1Cl. The number of imidazole rings is 1. The van der Waals surface area contributed by atoms with Crippen molar-refractivity contribution in [3.05, 3.63) is 34.2 Å². The summed E-state index contributed by atoms with van der Waals surface area (Å²) < 4.78 is 42.7. The number of pyridine rings is 1. The minimum atomic E-state index is -4.65. The number of carbonyl (C=O) groups is 2. The first kappa shape index (κ1) is 27.9.